The maximum absolute atomic E-state index is 9.21. The van der Waals surface area contributed by atoms with Crippen LogP contribution in [0.2, 0.25) is 0 Å². The Hall–Kier alpha value is -0.120. The molecule has 1 aliphatic carbocycles. The molecule has 0 aromatic rings. The molecule has 3 nitrogen and oxygen atoms in total. The van der Waals surface area contributed by atoms with E-state index in [1.54, 1.807) is 0 Å². The van der Waals surface area contributed by atoms with Crippen molar-refractivity contribution in [1.82, 2.24) is 4.90 Å². The third-order valence-electron chi connectivity index (χ3n) is 4.69. The molecule has 3 heteroatoms. The summed E-state index contributed by atoms with van der Waals surface area (Å²) in [6, 6.07) is 0.812. The minimum atomic E-state index is -0.401. The van der Waals surface area contributed by atoms with Gasteiger partial charge >= 0.3 is 0 Å². The van der Waals surface area contributed by atoms with E-state index in [1.807, 2.05) is 6.92 Å². The topological polar surface area (TPSA) is 49.5 Å². The number of aliphatic hydroxyl groups excluding tert-OH is 1. The van der Waals surface area contributed by atoms with Crippen molar-refractivity contribution < 1.29 is 5.11 Å². The molecule has 2 rings (SSSR count). The maximum atomic E-state index is 9.21. The Kier molecular flexibility index (Phi) is 4.45. The van der Waals surface area contributed by atoms with E-state index in [2.05, 4.69) is 4.90 Å². The second-order valence-corrected chi connectivity index (χ2v) is 6.35. The number of hydrogen-bond donors (Lipinski definition) is 2. The first kappa shape index (κ1) is 13.3. The molecule has 3 atom stereocenters. The Morgan fingerprint density at radius 2 is 1.94 bits per heavy atom. The average molecular weight is 240 g/mol. The zero-order chi connectivity index (χ0) is 12.3. The predicted molar refractivity (Wildman–Crippen MR) is 70.8 cm³/mol. The molecule has 0 bridgehead atoms. The monoisotopic (exact) mass is 240 g/mol. The van der Waals surface area contributed by atoms with Gasteiger partial charge in [-0.15, -0.1) is 0 Å². The van der Waals surface area contributed by atoms with Crippen molar-refractivity contribution in [2.75, 3.05) is 19.7 Å². The number of nitrogens with two attached hydrogens (primary N) is 1. The van der Waals surface area contributed by atoms with E-state index in [0.29, 0.717) is 0 Å². The maximum Gasteiger partial charge on any atom is 0.0608 e. The number of fused-ring (bicyclic) bond motifs is 1. The van der Waals surface area contributed by atoms with Gasteiger partial charge in [0.05, 0.1) is 6.61 Å². The first-order chi connectivity index (χ1) is 8.12. The molecule has 1 unspecified atom stereocenters. The number of rotatable bonds is 4. The summed E-state index contributed by atoms with van der Waals surface area (Å²) in [4.78, 5) is 2.65. The number of likely N-dealkylation sites (tertiary alicyclic amines) is 1. The largest absolute Gasteiger partial charge is 0.394 e. The second-order valence-electron chi connectivity index (χ2n) is 6.35. The molecule has 0 spiro atoms. The Morgan fingerprint density at radius 1 is 1.24 bits per heavy atom. The van der Waals surface area contributed by atoms with Gasteiger partial charge < -0.3 is 15.7 Å². The molecule has 0 radical (unpaired) electrons. The fourth-order valence-electron chi connectivity index (χ4n) is 3.48. The van der Waals surface area contributed by atoms with Gasteiger partial charge in [-0.1, -0.05) is 12.8 Å². The first-order valence-electron chi connectivity index (χ1n) is 7.26. The number of nitrogens with zero attached hydrogens (tertiary/aromatic N) is 1. The van der Waals surface area contributed by atoms with Gasteiger partial charge in [-0.25, -0.2) is 0 Å². The molecule has 2 fully saturated rings. The van der Waals surface area contributed by atoms with Crippen LogP contribution in [0.4, 0.5) is 0 Å². The van der Waals surface area contributed by atoms with Crippen molar-refractivity contribution in [3.8, 4) is 0 Å². The normalized spacial score (nSPS) is 34.1. The standard InChI is InChI=1S/C14H28N2O/c1-14(15,11-17)8-10-16-9-4-6-12-5-2-3-7-13(12)16/h12-13,17H,2-11,15H2,1H3/t12-,13-,14?/m1/s1. The molecule has 100 valence electrons. The van der Waals surface area contributed by atoms with Gasteiger partial charge in [-0.2, -0.15) is 0 Å². The average Bonchev–Trinajstić information content (AvgIpc) is 2.36. The van der Waals surface area contributed by atoms with Crippen molar-refractivity contribution in [2.24, 2.45) is 11.7 Å². The summed E-state index contributed by atoms with van der Waals surface area (Å²) in [6.07, 6.45) is 9.33. The van der Waals surface area contributed by atoms with E-state index >= 15 is 0 Å². The van der Waals surface area contributed by atoms with Crippen molar-refractivity contribution in [3.05, 3.63) is 0 Å². The smallest absolute Gasteiger partial charge is 0.0608 e. The molecule has 3 N–H and O–H groups in total. The SMILES string of the molecule is CC(N)(CO)CCN1CCC[C@H]2CCCC[C@H]21. The van der Waals surface area contributed by atoms with Crippen LogP contribution in [0.3, 0.4) is 0 Å². The lowest BCUT2D eigenvalue weighted by atomic mass is 9.78. The molecule has 1 saturated heterocycles. The highest BCUT2D eigenvalue weighted by molar-refractivity contribution is 4.89. The highest BCUT2D eigenvalue weighted by atomic mass is 16.3. The van der Waals surface area contributed by atoms with Gasteiger partial charge in [0.15, 0.2) is 0 Å². The van der Waals surface area contributed by atoms with Crippen LogP contribution in [0.15, 0.2) is 0 Å². The first-order valence-corrected chi connectivity index (χ1v) is 7.26. The number of aliphatic hydroxyl groups is 1. The molecule has 1 saturated carbocycles. The van der Waals surface area contributed by atoms with Crippen molar-refractivity contribution in [1.29, 1.82) is 0 Å². The Balaban J connectivity index is 1.86. The Bertz CT molecular complexity index is 240. The highest BCUT2D eigenvalue weighted by Gasteiger charge is 2.33. The van der Waals surface area contributed by atoms with Crippen LogP contribution < -0.4 is 5.73 Å². The van der Waals surface area contributed by atoms with E-state index < -0.39 is 5.54 Å². The summed E-state index contributed by atoms with van der Waals surface area (Å²) in [5.74, 6) is 0.940. The van der Waals surface area contributed by atoms with Crippen LogP contribution >= 0.6 is 0 Å². The highest BCUT2D eigenvalue weighted by Crippen LogP contribution is 2.35. The van der Waals surface area contributed by atoms with Crippen molar-refractivity contribution in [3.63, 3.8) is 0 Å². The molecular formula is C14H28N2O. The van der Waals surface area contributed by atoms with Gasteiger partial charge in [0.2, 0.25) is 0 Å². The summed E-state index contributed by atoms with van der Waals surface area (Å²) in [7, 11) is 0. The molecule has 0 aromatic heterocycles. The van der Waals surface area contributed by atoms with Gasteiger partial charge in [-0.3, -0.25) is 0 Å². The summed E-state index contributed by atoms with van der Waals surface area (Å²) in [5, 5.41) is 9.21. The number of hydrogen-bond acceptors (Lipinski definition) is 3. The van der Waals surface area contributed by atoms with Crippen LogP contribution in [-0.4, -0.2) is 41.3 Å². The summed E-state index contributed by atoms with van der Waals surface area (Å²) >= 11 is 0. The van der Waals surface area contributed by atoms with Crippen molar-refractivity contribution in [2.45, 2.75) is 63.5 Å². The lowest BCUT2D eigenvalue weighted by Gasteiger charge is -2.45. The Morgan fingerprint density at radius 3 is 2.71 bits per heavy atom. The molecular weight excluding hydrogens is 212 g/mol. The van der Waals surface area contributed by atoms with Crippen LogP contribution in [0.1, 0.15) is 51.9 Å². The molecule has 1 heterocycles. The minimum absolute atomic E-state index is 0.0922. The third-order valence-corrected chi connectivity index (χ3v) is 4.69. The van der Waals surface area contributed by atoms with Gasteiger partial charge in [0.25, 0.3) is 0 Å². The number of piperidine rings is 1. The zero-order valence-electron chi connectivity index (χ0n) is 11.2. The summed E-state index contributed by atoms with van der Waals surface area (Å²) in [5.41, 5.74) is 5.62. The molecule has 17 heavy (non-hydrogen) atoms. The van der Waals surface area contributed by atoms with E-state index in [1.165, 1.54) is 45.1 Å². The minimum Gasteiger partial charge on any atom is -0.394 e. The van der Waals surface area contributed by atoms with Gasteiger partial charge in [-0.05, 0) is 51.5 Å². The van der Waals surface area contributed by atoms with E-state index in [-0.39, 0.29) is 6.61 Å². The van der Waals surface area contributed by atoms with Crippen LogP contribution in [-0.2, 0) is 0 Å². The van der Waals surface area contributed by atoms with Crippen LogP contribution in [0.25, 0.3) is 0 Å². The lowest BCUT2D eigenvalue weighted by Crippen LogP contribution is -2.50. The van der Waals surface area contributed by atoms with Gasteiger partial charge in [0.1, 0.15) is 0 Å². The van der Waals surface area contributed by atoms with E-state index in [4.69, 9.17) is 5.73 Å². The third kappa shape index (κ3) is 3.43. The Labute approximate surface area is 105 Å². The van der Waals surface area contributed by atoms with Gasteiger partial charge in [0, 0.05) is 18.1 Å². The van der Waals surface area contributed by atoms with Crippen molar-refractivity contribution >= 4 is 0 Å². The van der Waals surface area contributed by atoms with Crippen LogP contribution in [0.5, 0.6) is 0 Å². The van der Waals surface area contributed by atoms with Crippen LogP contribution in [0, 0.1) is 5.92 Å². The molecule has 2 aliphatic rings. The lowest BCUT2D eigenvalue weighted by molar-refractivity contribution is 0.0515. The predicted octanol–water partition coefficient (Wildman–Crippen LogP) is 1.74. The fourth-order valence-corrected chi connectivity index (χ4v) is 3.48. The molecule has 1 aliphatic heterocycles. The fraction of sp³-hybridized carbons (Fsp3) is 1.00. The van der Waals surface area contributed by atoms with E-state index in [9.17, 15) is 5.11 Å². The summed E-state index contributed by atoms with van der Waals surface area (Å²) in [6.45, 7) is 4.35. The zero-order valence-corrected chi connectivity index (χ0v) is 11.2. The molecule has 0 amide bonds. The summed E-state index contributed by atoms with van der Waals surface area (Å²) < 4.78 is 0. The van der Waals surface area contributed by atoms with E-state index in [0.717, 1.165) is 24.9 Å². The molecule has 0 aromatic carbocycles. The second kappa shape index (κ2) is 5.68. The quantitative estimate of drug-likeness (QED) is 0.787.